The molecule has 0 radical (unpaired) electrons. The average Bonchev–Trinajstić information content (AvgIpc) is 0.759. The maximum absolute atomic E-state index is 8.06. The Kier molecular flexibility index (Phi) is 28.3. The van der Waals surface area contributed by atoms with Gasteiger partial charge in [0, 0.05) is 24.0 Å². The van der Waals surface area contributed by atoms with Gasteiger partial charge in [-0.05, 0) is 83.7 Å². The lowest BCUT2D eigenvalue weighted by Gasteiger charge is -2.54. The van der Waals surface area contributed by atoms with Crippen LogP contribution in [0.1, 0.15) is 118 Å². The summed E-state index contributed by atoms with van der Waals surface area (Å²) in [6.07, 6.45) is -3.85. The normalized spacial score (nSPS) is 31.2. The van der Waals surface area contributed by atoms with Crippen LogP contribution in [0.25, 0.3) is 0 Å². The van der Waals surface area contributed by atoms with E-state index in [4.69, 9.17) is 71.1 Å². The first-order valence-electron chi connectivity index (χ1n) is 37.0. The highest BCUT2D eigenvalue weighted by atomic mass is 16.8. The van der Waals surface area contributed by atoms with E-state index in [0.29, 0.717) is 46.1 Å². The molecule has 0 aromatic heterocycles. The lowest BCUT2D eigenvalue weighted by Crippen LogP contribution is -2.68. The predicted molar refractivity (Wildman–Crippen MR) is 386 cm³/mol. The molecule has 0 spiro atoms. The minimum Gasteiger partial charge on any atom is -0.376 e. The summed E-state index contributed by atoms with van der Waals surface area (Å²) in [6, 6.07) is 71.4. The molecule has 0 bridgehead atoms. The first-order chi connectivity index (χ1) is 49.6. The van der Waals surface area contributed by atoms with Crippen LogP contribution in [0.15, 0.2) is 225 Å². The van der Waals surface area contributed by atoms with E-state index in [9.17, 15) is 0 Å². The first kappa shape index (κ1) is 74.4. The third-order valence-electron chi connectivity index (χ3n) is 20.9. The van der Waals surface area contributed by atoms with Crippen LogP contribution in [-0.4, -0.2) is 119 Å². The van der Waals surface area contributed by atoms with Gasteiger partial charge in [0.2, 0.25) is 0 Å². The Bertz CT molecular complexity index is 3440. The summed E-state index contributed by atoms with van der Waals surface area (Å²) in [5.41, 5.74) is 7.07. The topological polar surface area (TPSA) is 138 Å². The second-order valence-corrected chi connectivity index (χ2v) is 28.2. The first-order valence-corrected chi connectivity index (χ1v) is 37.0. The smallest absolute Gasteiger partial charge is 0.187 e. The molecule has 5 fully saturated rings. The van der Waals surface area contributed by atoms with Crippen LogP contribution in [0.4, 0.5) is 0 Å². The van der Waals surface area contributed by atoms with Crippen LogP contribution in [0, 0.1) is 29.6 Å². The van der Waals surface area contributed by atoms with E-state index in [1.807, 2.05) is 140 Å². The molecule has 7 aromatic rings. The number of fused-ring (bicyclic) bond motifs is 1. The Labute approximate surface area is 599 Å². The Morgan fingerprint density at radius 1 is 0.386 bits per heavy atom. The van der Waals surface area contributed by atoms with Gasteiger partial charge >= 0.3 is 0 Å². The van der Waals surface area contributed by atoms with Crippen molar-refractivity contribution in [2.45, 2.75) is 211 Å². The third-order valence-corrected chi connectivity index (χ3v) is 20.9. The van der Waals surface area contributed by atoms with Crippen molar-refractivity contribution in [3.8, 4) is 0 Å². The molecule has 0 amide bonds. The highest BCUT2D eigenvalue weighted by molar-refractivity contribution is 5.20. The van der Waals surface area contributed by atoms with Gasteiger partial charge in [0.25, 0.3) is 0 Å². The molecule has 21 atom stereocenters. The Morgan fingerprint density at radius 2 is 0.851 bits per heavy atom. The molecule has 1 aliphatic carbocycles. The summed E-state index contributed by atoms with van der Waals surface area (Å²) in [5, 5.41) is 0. The van der Waals surface area contributed by atoms with Gasteiger partial charge in [-0.15, -0.1) is 6.58 Å². The molecule has 7 aromatic carbocycles. The van der Waals surface area contributed by atoms with Crippen molar-refractivity contribution in [1.29, 1.82) is 0 Å². The number of allylic oxidation sites excluding steroid dienone is 1. The van der Waals surface area contributed by atoms with Gasteiger partial charge in [-0.3, -0.25) is 0 Å². The van der Waals surface area contributed by atoms with E-state index >= 15 is 0 Å². The van der Waals surface area contributed by atoms with Crippen LogP contribution < -0.4 is 0 Å². The number of unbranched alkanes of at least 4 members (excludes halogenated alkanes) is 4. The Morgan fingerprint density at radius 3 is 1.41 bits per heavy atom. The monoisotopic (exact) mass is 1380 g/mol. The van der Waals surface area contributed by atoms with Crippen LogP contribution in [0.2, 0.25) is 0 Å². The minimum absolute atomic E-state index is 0.0111. The van der Waals surface area contributed by atoms with Gasteiger partial charge in [-0.2, -0.15) is 0 Å². The molecule has 15 heteroatoms. The number of hydrogen-bond acceptors (Lipinski definition) is 15. The van der Waals surface area contributed by atoms with Crippen molar-refractivity contribution in [1.82, 2.24) is 0 Å². The molecule has 9 unspecified atom stereocenters. The molecular weight excluding hydrogens is 1270 g/mol. The van der Waals surface area contributed by atoms with Gasteiger partial charge in [-0.25, -0.2) is 0 Å². The van der Waals surface area contributed by atoms with Crippen molar-refractivity contribution >= 4 is 0 Å². The van der Waals surface area contributed by atoms with Gasteiger partial charge in [0.1, 0.15) is 48.8 Å². The summed E-state index contributed by atoms with van der Waals surface area (Å²) < 4.78 is 109. The molecule has 4 heterocycles. The predicted octanol–water partition coefficient (Wildman–Crippen LogP) is 16.3. The Balaban J connectivity index is 0.936. The summed E-state index contributed by atoms with van der Waals surface area (Å²) >= 11 is 0. The number of benzene rings is 7. The fourth-order valence-corrected chi connectivity index (χ4v) is 14.8. The molecular formula is C86H106O15. The molecule has 540 valence electrons. The van der Waals surface area contributed by atoms with Gasteiger partial charge < -0.3 is 71.1 Å². The van der Waals surface area contributed by atoms with Gasteiger partial charge in [0.05, 0.1) is 83.9 Å². The fraction of sp³-hybridized carbons (Fsp3) is 0.488. The Hall–Kier alpha value is -6.32. The highest BCUT2D eigenvalue weighted by Gasteiger charge is 2.58. The van der Waals surface area contributed by atoms with Crippen LogP contribution in [0.5, 0.6) is 0 Å². The maximum atomic E-state index is 8.06. The highest BCUT2D eigenvalue weighted by Crippen LogP contribution is 2.46. The van der Waals surface area contributed by atoms with Gasteiger partial charge in [-0.1, -0.05) is 259 Å². The summed E-state index contributed by atoms with van der Waals surface area (Å²) in [4.78, 5) is 0. The maximum Gasteiger partial charge on any atom is 0.187 e. The second kappa shape index (κ2) is 38.4. The molecule has 1 saturated carbocycles. The molecule has 4 saturated heterocycles. The van der Waals surface area contributed by atoms with E-state index in [-0.39, 0.29) is 68.2 Å². The fourth-order valence-electron chi connectivity index (χ4n) is 14.8. The van der Waals surface area contributed by atoms with Gasteiger partial charge in [0.15, 0.2) is 25.2 Å². The number of hydrogen-bond donors (Lipinski definition) is 0. The second-order valence-electron chi connectivity index (χ2n) is 28.2. The number of rotatable bonds is 35. The summed E-state index contributed by atoms with van der Waals surface area (Å²) in [6.45, 7) is 18.3. The zero-order valence-electron chi connectivity index (χ0n) is 59.6. The van der Waals surface area contributed by atoms with E-state index in [0.717, 1.165) is 71.0 Å². The molecule has 101 heavy (non-hydrogen) atoms. The zero-order chi connectivity index (χ0) is 69.5. The quantitative estimate of drug-likeness (QED) is 0.0275. The largest absolute Gasteiger partial charge is 0.376 e. The van der Waals surface area contributed by atoms with E-state index in [2.05, 4.69) is 119 Å². The van der Waals surface area contributed by atoms with Crippen molar-refractivity contribution in [3.63, 3.8) is 0 Å². The van der Waals surface area contributed by atoms with Crippen LogP contribution in [0.3, 0.4) is 0 Å². The van der Waals surface area contributed by atoms with Crippen molar-refractivity contribution in [2.75, 3.05) is 26.4 Å². The van der Waals surface area contributed by atoms with Crippen molar-refractivity contribution in [3.05, 3.63) is 264 Å². The lowest BCUT2D eigenvalue weighted by atomic mass is 9.71. The summed E-state index contributed by atoms with van der Waals surface area (Å²) in [7, 11) is 0. The molecule has 5 aliphatic rings. The summed E-state index contributed by atoms with van der Waals surface area (Å²) in [5.74, 6) is -0.367. The third kappa shape index (κ3) is 20.6. The lowest BCUT2D eigenvalue weighted by molar-refractivity contribution is -0.414. The number of ether oxygens (including phenoxy) is 15. The van der Waals surface area contributed by atoms with Crippen molar-refractivity contribution in [2.24, 2.45) is 29.6 Å². The van der Waals surface area contributed by atoms with Crippen molar-refractivity contribution < 1.29 is 71.1 Å². The standard InChI is InChI=1S/C86H106O15/c1-7-8-9-10-11-33-48-89-83-62(5)61(4)76(73(97-83)57-88-51-65-36-21-13-22-37-65)99-86-82(101-85-81(93-55-69-44-29-17-30-45-69)79(92-54-68-42-27-16-28-43-68)77(63(6)95-85)91-53-67-40-25-15-26-41-67)80(78-74(98-86)58-94-84(100-78)70-46-31-18-32-47-70)96-72-49-71(56-87-50-64-34-19-12-20-35-64)75(60(3)59(72)2)90-52-66-38-23-14-24-39-66/h7,12-32,34-47,59-63,71-86H,1,8-11,33,48-58H2,2-6H3/t59?,60-,61-,62?,63?,71?,72+,73?,74?,75-,76+,77-,78+,79+,80+,81?,82?,83-,84?,85+,86+/m1/s1. The SMILES string of the molecule is C=CCCCCCCO[C@@H]1OC(COCc2ccccc2)[C@@H](O[C@@H]2OC3COC(c4ccccc4)O[C@@H]3[C@H](O[C@H]3CC(COCc4ccccc4)[C@H](OCc4ccccc4)[C@H](C)C3C)C2O[C@@H]2OC(C)[C@@H](OCc3ccccc3)[C@H](OCc3ccccc3)C2OCc2ccccc2)[C@H](C)C1C. The van der Waals surface area contributed by atoms with E-state index < -0.39 is 86.2 Å². The zero-order valence-corrected chi connectivity index (χ0v) is 59.6. The molecule has 12 rings (SSSR count). The van der Waals surface area contributed by atoms with E-state index in [1.54, 1.807) is 0 Å². The molecule has 4 aliphatic heterocycles. The van der Waals surface area contributed by atoms with Crippen LogP contribution in [-0.2, 0) is 111 Å². The van der Waals surface area contributed by atoms with E-state index in [1.165, 1.54) is 0 Å². The van der Waals surface area contributed by atoms with Crippen LogP contribution >= 0.6 is 0 Å². The minimum atomic E-state index is -1.15. The average molecular weight is 1380 g/mol. The molecule has 15 nitrogen and oxygen atoms in total. The molecule has 0 N–H and O–H groups in total.